The highest BCUT2D eigenvalue weighted by Gasteiger charge is 2.26. The molecule has 1 heterocycles. The van der Waals surface area contributed by atoms with Gasteiger partial charge in [-0.2, -0.15) is 0 Å². The minimum atomic E-state index is -0.668. The Morgan fingerprint density at radius 1 is 1.55 bits per heavy atom. The number of carbonyl (C=O) groups excluding carboxylic acids is 2. The van der Waals surface area contributed by atoms with Crippen molar-refractivity contribution >= 4 is 39.3 Å². The number of ether oxygens (including phenoxy) is 1. The molecule has 2 amide bonds. The number of hydrogen-bond acceptors (Lipinski definition) is 3. The zero-order chi connectivity index (χ0) is 14.7. The Morgan fingerprint density at radius 2 is 2.30 bits per heavy atom. The zero-order valence-electron chi connectivity index (χ0n) is 10.9. The van der Waals surface area contributed by atoms with E-state index in [1.165, 1.54) is 4.90 Å². The third-order valence-electron chi connectivity index (χ3n) is 2.90. The van der Waals surface area contributed by atoms with E-state index in [1.54, 1.807) is 25.1 Å². The van der Waals surface area contributed by atoms with Gasteiger partial charge in [0, 0.05) is 18.1 Å². The Kier molecular flexibility index (Phi) is 4.88. The lowest BCUT2D eigenvalue weighted by atomic mass is 10.2. The average molecular weight is 362 g/mol. The second kappa shape index (κ2) is 6.45. The van der Waals surface area contributed by atoms with Crippen LogP contribution in [0.5, 0.6) is 5.75 Å². The molecule has 0 bridgehead atoms. The lowest BCUT2D eigenvalue weighted by Gasteiger charge is -2.29. The van der Waals surface area contributed by atoms with E-state index in [4.69, 9.17) is 16.3 Å². The summed E-state index contributed by atoms with van der Waals surface area (Å²) in [6.45, 7) is 2.71. The van der Waals surface area contributed by atoms with Crippen molar-refractivity contribution in [2.75, 3.05) is 19.6 Å². The van der Waals surface area contributed by atoms with Gasteiger partial charge in [0.1, 0.15) is 5.75 Å². The average Bonchev–Trinajstić information content (AvgIpc) is 2.41. The van der Waals surface area contributed by atoms with E-state index in [9.17, 15) is 9.59 Å². The van der Waals surface area contributed by atoms with Gasteiger partial charge in [0.15, 0.2) is 6.10 Å². The Balaban J connectivity index is 2.01. The fourth-order valence-corrected chi connectivity index (χ4v) is 2.67. The van der Waals surface area contributed by atoms with E-state index >= 15 is 0 Å². The molecule has 1 saturated heterocycles. The predicted octanol–water partition coefficient (Wildman–Crippen LogP) is 1.83. The largest absolute Gasteiger partial charge is 0.480 e. The highest BCUT2D eigenvalue weighted by atomic mass is 79.9. The van der Waals surface area contributed by atoms with Crippen LogP contribution in [0, 0.1) is 0 Å². The number of rotatable bonds is 3. The van der Waals surface area contributed by atoms with Crippen LogP contribution in [0.15, 0.2) is 22.7 Å². The van der Waals surface area contributed by atoms with E-state index in [-0.39, 0.29) is 18.4 Å². The smallest absolute Gasteiger partial charge is 0.263 e. The predicted molar refractivity (Wildman–Crippen MR) is 78.8 cm³/mol. The lowest BCUT2D eigenvalue weighted by Crippen LogP contribution is -2.53. The molecule has 0 saturated carbocycles. The van der Waals surface area contributed by atoms with Gasteiger partial charge < -0.3 is 15.0 Å². The van der Waals surface area contributed by atoms with Crippen molar-refractivity contribution in [1.29, 1.82) is 0 Å². The molecule has 1 aliphatic rings. The summed E-state index contributed by atoms with van der Waals surface area (Å²) in [7, 11) is 0. The Labute approximate surface area is 130 Å². The number of piperazine rings is 1. The first-order valence-corrected chi connectivity index (χ1v) is 7.31. The van der Waals surface area contributed by atoms with Gasteiger partial charge in [-0.15, -0.1) is 0 Å². The van der Waals surface area contributed by atoms with Crippen molar-refractivity contribution < 1.29 is 14.3 Å². The Hall–Kier alpha value is -1.27. The molecule has 1 aromatic carbocycles. The molecule has 1 fully saturated rings. The van der Waals surface area contributed by atoms with Gasteiger partial charge in [-0.3, -0.25) is 9.59 Å². The molecular formula is C13H14BrClN2O3. The zero-order valence-corrected chi connectivity index (χ0v) is 13.2. The SMILES string of the molecule is CC(Oc1ccc(Cl)cc1Br)C(=O)N1CCNC(=O)C1. The number of nitrogens with zero attached hydrogens (tertiary/aromatic N) is 1. The van der Waals surface area contributed by atoms with Crippen LogP contribution in [0.2, 0.25) is 5.02 Å². The number of amides is 2. The van der Waals surface area contributed by atoms with Gasteiger partial charge >= 0.3 is 0 Å². The normalized spacial score (nSPS) is 16.6. The molecule has 20 heavy (non-hydrogen) atoms. The summed E-state index contributed by atoms with van der Waals surface area (Å²) in [5, 5.41) is 3.25. The van der Waals surface area contributed by atoms with Crippen LogP contribution in [0.25, 0.3) is 0 Å². The van der Waals surface area contributed by atoms with E-state index in [1.807, 2.05) is 0 Å². The highest BCUT2D eigenvalue weighted by Crippen LogP contribution is 2.28. The molecule has 0 radical (unpaired) electrons. The molecule has 108 valence electrons. The standard InChI is InChI=1S/C13H14BrClN2O3/c1-8(13(19)17-5-4-16-12(18)7-17)20-11-3-2-9(15)6-10(11)14/h2-3,6,8H,4-5,7H2,1H3,(H,16,18). The molecule has 5 nitrogen and oxygen atoms in total. The van der Waals surface area contributed by atoms with Crippen molar-refractivity contribution in [2.45, 2.75) is 13.0 Å². The minimum absolute atomic E-state index is 0.0777. The minimum Gasteiger partial charge on any atom is -0.480 e. The third-order valence-corrected chi connectivity index (χ3v) is 3.75. The van der Waals surface area contributed by atoms with Gasteiger partial charge in [0.25, 0.3) is 5.91 Å². The van der Waals surface area contributed by atoms with Crippen molar-refractivity contribution in [2.24, 2.45) is 0 Å². The summed E-state index contributed by atoms with van der Waals surface area (Å²) >= 11 is 9.18. The maximum atomic E-state index is 12.2. The molecule has 1 atom stereocenters. The number of carbonyl (C=O) groups is 2. The van der Waals surface area contributed by atoms with Crippen LogP contribution in [-0.2, 0) is 9.59 Å². The van der Waals surface area contributed by atoms with Crippen LogP contribution < -0.4 is 10.1 Å². The maximum absolute atomic E-state index is 12.2. The lowest BCUT2D eigenvalue weighted by molar-refractivity contribution is -0.143. The van der Waals surface area contributed by atoms with Gasteiger partial charge in [0.05, 0.1) is 11.0 Å². The van der Waals surface area contributed by atoms with Crippen molar-refractivity contribution in [1.82, 2.24) is 10.2 Å². The van der Waals surface area contributed by atoms with Crippen molar-refractivity contribution in [3.8, 4) is 5.75 Å². The summed E-state index contributed by atoms with van der Waals surface area (Å²) < 4.78 is 6.30. The number of hydrogen-bond donors (Lipinski definition) is 1. The summed E-state index contributed by atoms with van der Waals surface area (Å²) in [5.74, 6) is 0.183. The van der Waals surface area contributed by atoms with Crippen LogP contribution >= 0.6 is 27.5 Å². The molecule has 1 aliphatic heterocycles. The van der Waals surface area contributed by atoms with Gasteiger partial charge in [-0.25, -0.2) is 0 Å². The molecule has 0 spiro atoms. The van der Waals surface area contributed by atoms with E-state index in [0.29, 0.717) is 28.3 Å². The molecular weight excluding hydrogens is 348 g/mol. The monoisotopic (exact) mass is 360 g/mol. The molecule has 1 N–H and O–H groups in total. The third kappa shape index (κ3) is 3.64. The van der Waals surface area contributed by atoms with Crippen LogP contribution in [0.3, 0.4) is 0 Å². The molecule has 1 unspecified atom stereocenters. The summed E-state index contributed by atoms with van der Waals surface area (Å²) in [4.78, 5) is 25.0. The first-order valence-electron chi connectivity index (χ1n) is 6.14. The van der Waals surface area contributed by atoms with E-state index in [2.05, 4.69) is 21.2 Å². The van der Waals surface area contributed by atoms with Gasteiger partial charge in [-0.05, 0) is 41.1 Å². The maximum Gasteiger partial charge on any atom is 0.263 e. The summed E-state index contributed by atoms with van der Waals surface area (Å²) in [6.07, 6.45) is -0.668. The van der Waals surface area contributed by atoms with Crippen molar-refractivity contribution in [3.63, 3.8) is 0 Å². The van der Waals surface area contributed by atoms with Gasteiger partial charge in [0.2, 0.25) is 5.91 Å². The van der Waals surface area contributed by atoms with Crippen LogP contribution in [0.4, 0.5) is 0 Å². The fourth-order valence-electron chi connectivity index (χ4n) is 1.90. The molecule has 0 aromatic heterocycles. The van der Waals surface area contributed by atoms with Crippen LogP contribution in [-0.4, -0.2) is 42.5 Å². The second-order valence-corrected chi connectivity index (χ2v) is 5.74. The Bertz CT molecular complexity index is 538. The highest BCUT2D eigenvalue weighted by molar-refractivity contribution is 9.10. The fraction of sp³-hybridized carbons (Fsp3) is 0.385. The summed E-state index contributed by atoms with van der Waals surface area (Å²) in [6, 6.07) is 5.08. The first-order chi connectivity index (χ1) is 9.47. The van der Waals surface area contributed by atoms with Crippen molar-refractivity contribution in [3.05, 3.63) is 27.7 Å². The molecule has 1 aromatic rings. The Morgan fingerprint density at radius 3 is 2.95 bits per heavy atom. The molecule has 0 aliphatic carbocycles. The number of benzene rings is 1. The number of halogens is 2. The topological polar surface area (TPSA) is 58.6 Å². The molecule has 7 heteroatoms. The molecule has 2 rings (SSSR count). The van der Waals surface area contributed by atoms with Gasteiger partial charge in [-0.1, -0.05) is 11.6 Å². The van der Waals surface area contributed by atoms with E-state index in [0.717, 1.165) is 0 Å². The summed E-state index contributed by atoms with van der Waals surface area (Å²) in [5.41, 5.74) is 0. The quantitative estimate of drug-likeness (QED) is 0.893. The second-order valence-electron chi connectivity index (χ2n) is 4.44. The first kappa shape index (κ1) is 15.1. The van der Waals surface area contributed by atoms with Crippen LogP contribution in [0.1, 0.15) is 6.92 Å². The van der Waals surface area contributed by atoms with E-state index < -0.39 is 6.10 Å². The number of nitrogens with one attached hydrogen (secondary N) is 1.